The quantitative estimate of drug-likeness (QED) is 0.926. The lowest BCUT2D eigenvalue weighted by Gasteiger charge is -2.36. The minimum Gasteiger partial charge on any atom is -0.314 e. The Morgan fingerprint density at radius 1 is 1.21 bits per heavy atom. The molecule has 1 aliphatic heterocycles. The average Bonchev–Trinajstić information content (AvgIpc) is 3.22. The van der Waals surface area contributed by atoms with Gasteiger partial charge in [0.2, 0.25) is 0 Å². The minimum atomic E-state index is 0.345. The number of halogens is 2. The molecule has 3 nitrogen and oxygen atoms in total. The molecule has 1 atom stereocenters. The molecule has 1 aromatic rings. The van der Waals surface area contributed by atoms with E-state index >= 15 is 0 Å². The molecule has 1 saturated heterocycles. The number of aromatic nitrogens is 1. The first-order valence-electron chi connectivity index (χ1n) is 6.99. The highest BCUT2D eigenvalue weighted by molar-refractivity contribution is 6.35. The maximum Gasteiger partial charge on any atom is 0.0652 e. The Hall–Kier alpha value is -0.350. The second kappa shape index (κ2) is 5.96. The fourth-order valence-corrected chi connectivity index (χ4v) is 3.47. The molecule has 0 unspecified atom stereocenters. The Balaban J connectivity index is 1.88. The zero-order valence-corrected chi connectivity index (χ0v) is 12.4. The maximum atomic E-state index is 6.36. The number of piperazine rings is 1. The first kappa shape index (κ1) is 13.6. The molecule has 3 rings (SSSR count). The molecule has 5 heteroatoms. The molecule has 0 bridgehead atoms. The third-order valence-corrected chi connectivity index (χ3v) is 4.67. The van der Waals surface area contributed by atoms with Crippen molar-refractivity contribution < 1.29 is 0 Å². The highest BCUT2D eigenvalue weighted by Gasteiger charge is 2.32. The van der Waals surface area contributed by atoms with Crippen LogP contribution in [0.15, 0.2) is 12.4 Å². The minimum absolute atomic E-state index is 0.345. The van der Waals surface area contributed by atoms with Gasteiger partial charge in [-0.1, -0.05) is 36.0 Å². The molecule has 0 radical (unpaired) electrons. The van der Waals surface area contributed by atoms with E-state index in [1.807, 2.05) is 0 Å². The van der Waals surface area contributed by atoms with Crippen LogP contribution in [0.2, 0.25) is 10.0 Å². The van der Waals surface area contributed by atoms with Crippen molar-refractivity contribution in [2.75, 3.05) is 26.2 Å². The summed E-state index contributed by atoms with van der Waals surface area (Å²) in [5, 5.41) is 4.81. The van der Waals surface area contributed by atoms with Gasteiger partial charge in [-0.15, -0.1) is 0 Å². The lowest BCUT2D eigenvalue weighted by Crippen LogP contribution is -2.45. The topological polar surface area (TPSA) is 28.2 Å². The summed E-state index contributed by atoms with van der Waals surface area (Å²) in [5.41, 5.74) is 1.08. The molecule has 2 heterocycles. The van der Waals surface area contributed by atoms with Crippen LogP contribution in [-0.2, 0) is 0 Å². The highest BCUT2D eigenvalue weighted by atomic mass is 35.5. The first-order valence-corrected chi connectivity index (χ1v) is 7.75. The van der Waals surface area contributed by atoms with Crippen LogP contribution in [0, 0.1) is 5.92 Å². The lowest BCUT2D eigenvalue weighted by atomic mass is 9.99. The zero-order chi connectivity index (χ0) is 13.2. The first-order chi connectivity index (χ1) is 9.25. The van der Waals surface area contributed by atoms with Crippen molar-refractivity contribution in [3.63, 3.8) is 0 Å². The molecule has 19 heavy (non-hydrogen) atoms. The summed E-state index contributed by atoms with van der Waals surface area (Å²) in [4.78, 5) is 6.59. The predicted octanol–water partition coefficient (Wildman–Crippen LogP) is 3.13. The SMILES string of the molecule is Clc1cncc(Cl)c1[C@H](CC1CC1)N1CCNCC1. The summed E-state index contributed by atoms with van der Waals surface area (Å²) in [6, 6.07) is 0.345. The van der Waals surface area contributed by atoms with Crippen molar-refractivity contribution in [2.24, 2.45) is 5.92 Å². The molecule has 2 aliphatic rings. The number of nitrogens with zero attached hydrogens (tertiary/aromatic N) is 2. The van der Waals surface area contributed by atoms with E-state index in [0.29, 0.717) is 16.1 Å². The van der Waals surface area contributed by atoms with Gasteiger partial charge in [0.05, 0.1) is 10.0 Å². The summed E-state index contributed by atoms with van der Waals surface area (Å²) in [6.45, 7) is 4.21. The van der Waals surface area contributed by atoms with Crippen LogP contribution in [0.5, 0.6) is 0 Å². The van der Waals surface area contributed by atoms with Gasteiger partial charge >= 0.3 is 0 Å². The Morgan fingerprint density at radius 3 is 2.42 bits per heavy atom. The third-order valence-electron chi connectivity index (χ3n) is 4.07. The molecule has 1 saturated carbocycles. The Kier molecular flexibility index (Phi) is 4.27. The second-order valence-electron chi connectivity index (χ2n) is 5.50. The smallest absolute Gasteiger partial charge is 0.0652 e. The van der Waals surface area contributed by atoms with E-state index < -0.39 is 0 Å². The van der Waals surface area contributed by atoms with Gasteiger partial charge in [0.1, 0.15) is 0 Å². The molecule has 0 amide bonds. The molecule has 0 aromatic carbocycles. The average molecular weight is 300 g/mol. The van der Waals surface area contributed by atoms with E-state index in [-0.39, 0.29) is 0 Å². The fourth-order valence-electron chi connectivity index (χ4n) is 2.85. The predicted molar refractivity (Wildman–Crippen MR) is 78.8 cm³/mol. The molecular weight excluding hydrogens is 281 g/mol. The van der Waals surface area contributed by atoms with Crippen LogP contribution < -0.4 is 5.32 Å². The lowest BCUT2D eigenvalue weighted by molar-refractivity contribution is 0.160. The van der Waals surface area contributed by atoms with E-state index in [0.717, 1.165) is 37.7 Å². The van der Waals surface area contributed by atoms with E-state index in [9.17, 15) is 0 Å². The van der Waals surface area contributed by atoms with Crippen LogP contribution in [0.1, 0.15) is 30.9 Å². The van der Waals surface area contributed by atoms with Gasteiger partial charge in [0.15, 0.2) is 0 Å². The Morgan fingerprint density at radius 2 is 1.84 bits per heavy atom. The number of nitrogens with one attached hydrogen (secondary N) is 1. The van der Waals surface area contributed by atoms with Gasteiger partial charge in [-0.2, -0.15) is 0 Å². The van der Waals surface area contributed by atoms with Crippen LogP contribution in [0.4, 0.5) is 0 Å². The van der Waals surface area contributed by atoms with Gasteiger partial charge in [0, 0.05) is 50.2 Å². The maximum absolute atomic E-state index is 6.36. The molecule has 1 aromatic heterocycles. The molecule has 104 valence electrons. The molecule has 0 spiro atoms. The summed E-state index contributed by atoms with van der Waals surface area (Å²) in [6.07, 6.45) is 7.30. The number of rotatable bonds is 4. The van der Waals surface area contributed by atoms with Crippen LogP contribution in [-0.4, -0.2) is 36.1 Å². The van der Waals surface area contributed by atoms with Gasteiger partial charge in [0.25, 0.3) is 0 Å². The van der Waals surface area contributed by atoms with Crippen LogP contribution in [0.25, 0.3) is 0 Å². The van der Waals surface area contributed by atoms with Gasteiger partial charge in [-0.05, 0) is 12.3 Å². The number of pyridine rings is 1. The second-order valence-corrected chi connectivity index (χ2v) is 6.31. The summed E-state index contributed by atoms with van der Waals surface area (Å²) < 4.78 is 0. The fraction of sp³-hybridized carbons (Fsp3) is 0.643. The molecule has 1 aliphatic carbocycles. The van der Waals surface area contributed by atoms with Gasteiger partial charge in [-0.25, -0.2) is 0 Å². The Bertz CT molecular complexity index is 422. The van der Waals surface area contributed by atoms with Crippen molar-refractivity contribution in [3.05, 3.63) is 28.0 Å². The third kappa shape index (κ3) is 3.22. The number of hydrogen-bond acceptors (Lipinski definition) is 3. The largest absolute Gasteiger partial charge is 0.314 e. The molecule has 2 fully saturated rings. The summed E-state index contributed by atoms with van der Waals surface area (Å²) in [7, 11) is 0. The van der Waals surface area contributed by atoms with E-state index in [2.05, 4.69) is 15.2 Å². The highest BCUT2D eigenvalue weighted by Crippen LogP contribution is 2.43. The molecule has 1 N–H and O–H groups in total. The van der Waals surface area contributed by atoms with Crippen molar-refractivity contribution in [1.82, 2.24) is 15.2 Å². The summed E-state index contributed by atoms with van der Waals surface area (Å²) in [5.74, 6) is 0.847. The zero-order valence-electron chi connectivity index (χ0n) is 10.9. The van der Waals surface area contributed by atoms with Crippen molar-refractivity contribution in [2.45, 2.75) is 25.3 Å². The van der Waals surface area contributed by atoms with E-state index in [4.69, 9.17) is 23.2 Å². The van der Waals surface area contributed by atoms with E-state index in [1.165, 1.54) is 19.3 Å². The van der Waals surface area contributed by atoms with Crippen molar-refractivity contribution >= 4 is 23.2 Å². The van der Waals surface area contributed by atoms with Gasteiger partial charge < -0.3 is 5.32 Å². The van der Waals surface area contributed by atoms with Crippen molar-refractivity contribution in [3.8, 4) is 0 Å². The molecular formula is C14H19Cl2N3. The summed E-state index contributed by atoms with van der Waals surface area (Å²) >= 11 is 12.7. The van der Waals surface area contributed by atoms with Crippen LogP contribution in [0.3, 0.4) is 0 Å². The standard InChI is InChI=1S/C14H19Cl2N3/c15-11-8-18-9-12(16)14(11)13(7-10-1-2-10)19-5-3-17-4-6-19/h8-10,13,17H,1-7H2/t13-/m0/s1. The van der Waals surface area contributed by atoms with E-state index in [1.54, 1.807) is 12.4 Å². The van der Waals surface area contributed by atoms with Crippen molar-refractivity contribution in [1.29, 1.82) is 0 Å². The Labute approximate surface area is 124 Å². The monoisotopic (exact) mass is 299 g/mol. The van der Waals surface area contributed by atoms with Crippen LogP contribution >= 0.6 is 23.2 Å². The normalized spacial score (nSPS) is 22.4. The number of hydrogen-bond donors (Lipinski definition) is 1. The van der Waals surface area contributed by atoms with Gasteiger partial charge in [-0.3, -0.25) is 9.88 Å².